The highest BCUT2D eigenvalue weighted by molar-refractivity contribution is 7.92. The zero-order chi connectivity index (χ0) is 24.0. The van der Waals surface area contributed by atoms with Gasteiger partial charge in [0.25, 0.3) is 10.0 Å². The molecule has 2 aromatic rings. The first-order chi connectivity index (χ1) is 16.3. The molecule has 0 unspecified atom stereocenters. The SMILES string of the molecule is O=S(=O)(Nc1cccc(F)n1)c1cc(Cl)c(N[C@H]2CCCC[C@@H]2N2C[C@@H]3[C@@H](CO)[C@@H]3C2)cc1F. The number of sulfonamides is 1. The lowest BCUT2D eigenvalue weighted by atomic mass is 9.88. The molecule has 1 aromatic carbocycles. The van der Waals surface area contributed by atoms with Gasteiger partial charge in [-0.05, 0) is 54.9 Å². The van der Waals surface area contributed by atoms with Gasteiger partial charge in [0, 0.05) is 31.8 Å². The molecule has 184 valence electrons. The van der Waals surface area contributed by atoms with Crippen LogP contribution in [0, 0.1) is 29.5 Å². The van der Waals surface area contributed by atoms with Gasteiger partial charge in [0.2, 0.25) is 5.95 Å². The number of aliphatic hydroxyl groups is 1. The number of nitrogens with one attached hydrogen (secondary N) is 2. The van der Waals surface area contributed by atoms with E-state index >= 15 is 0 Å². The van der Waals surface area contributed by atoms with Crippen LogP contribution in [0.4, 0.5) is 20.3 Å². The molecule has 1 aliphatic heterocycles. The van der Waals surface area contributed by atoms with Gasteiger partial charge in [0.15, 0.2) is 0 Å². The standard InChI is InChI=1S/C23H27ClF2N4O3S/c24-16-8-21(34(32,33)29-23-7-3-6-22(26)28-23)17(25)9-19(16)27-18-4-1-2-5-20(18)30-10-13-14(11-30)15(13)12-31/h3,6-9,13-15,18,20,27,31H,1-2,4-5,10-12H2,(H,28,29)/t13-,14+,15+,18-,20-/m0/s1. The Bertz CT molecular complexity index is 1170. The summed E-state index contributed by atoms with van der Waals surface area (Å²) in [6.07, 6.45) is 4.10. The number of aromatic nitrogens is 1. The fraction of sp³-hybridized carbons (Fsp3) is 0.522. The van der Waals surface area contributed by atoms with Crippen molar-refractivity contribution in [2.24, 2.45) is 17.8 Å². The second-order valence-corrected chi connectivity index (χ2v) is 11.5. The zero-order valence-corrected chi connectivity index (χ0v) is 20.0. The molecule has 0 bridgehead atoms. The molecule has 0 radical (unpaired) electrons. The number of likely N-dealkylation sites (tertiary alicyclic amines) is 1. The Morgan fingerprint density at radius 3 is 2.59 bits per heavy atom. The first kappa shape index (κ1) is 23.7. The van der Waals surface area contributed by atoms with Crippen molar-refractivity contribution in [3.05, 3.63) is 47.1 Å². The van der Waals surface area contributed by atoms with Crippen LogP contribution in [-0.2, 0) is 10.0 Å². The van der Waals surface area contributed by atoms with Gasteiger partial charge in [0.1, 0.15) is 16.5 Å². The van der Waals surface area contributed by atoms with Crippen molar-refractivity contribution in [1.29, 1.82) is 0 Å². The third-order valence-electron chi connectivity index (χ3n) is 7.41. The van der Waals surface area contributed by atoms with Gasteiger partial charge in [0.05, 0.1) is 10.7 Å². The highest BCUT2D eigenvalue weighted by atomic mass is 35.5. The smallest absolute Gasteiger partial charge is 0.266 e. The Morgan fingerprint density at radius 1 is 1.15 bits per heavy atom. The average Bonchev–Trinajstić information content (AvgIpc) is 3.26. The second kappa shape index (κ2) is 9.22. The molecule has 5 atom stereocenters. The highest BCUT2D eigenvalue weighted by Crippen LogP contribution is 2.52. The van der Waals surface area contributed by atoms with Crippen LogP contribution in [-0.4, -0.2) is 55.2 Å². The van der Waals surface area contributed by atoms with Gasteiger partial charge < -0.3 is 10.4 Å². The first-order valence-corrected chi connectivity index (χ1v) is 13.4. The van der Waals surface area contributed by atoms with Gasteiger partial charge >= 0.3 is 0 Å². The van der Waals surface area contributed by atoms with Crippen molar-refractivity contribution in [3.8, 4) is 0 Å². The molecular formula is C23H27ClF2N4O3S. The highest BCUT2D eigenvalue weighted by Gasteiger charge is 2.56. The molecule has 7 nitrogen and oxygen atoms in total. The number of rotatable bonds is 7. The van der Waals surface area contributed by atoms with E-state index in [0.29, 0.717) is 23.4 Å². The van der Waals surface area contributed by atoms with Crippen LogP contribution in [0.1, 0.15) is 25.7 Å². The van der Waals surface area contributed by atoms with Gasteiger partial charge in [-0.15, -0.1) is 0 Å². The number of nitrogens with zero attached hydrogens (tertiary/aromatic N) is 2. The van der Waals surface area contributed by atoms with Crippen LogP contribution >= 0.6 is 11.6 Å². The summed E-state index contributed by atoms with van der Waals surface area (Å²) < 4.78 is 55.7. The minimum Gasteiger partial charge on any atom is -0.396 e. The monoisotopic (exact) mass is 512 g/mol. The molecule has 1 aromatic heterocycles. The van der Waals surface area contributed by atoms with Crippen LogP contribution < -0.4 is 10.0 Å². The lowest BCUT2D eigenvalue weighted by molar-refractivity contribution is 0.142. The van der Waals surface area contributed by atoms with E-state index in [0.717, 1.165) is 57.0 Å². The van der Waals surface area contributed by atoms with Crippen molar-refractivity contribution in [3.63, 3.8) is 0 Å². The number of anilines is 2. The quantitative estimate of drug-likeness (QED) is 0.490. The maximum Gasteiger partial charge on any atom is 0.266 e. The van der Waals surface area contributed by atoms with Gasteiger partial charge in [-0.25, -0.2) is 17.8 Å². The number of pyridine rings is 1. The van der Waals surface area contributed by atoms with Crippen molar-refractivity contribution in [1.82, 2.24) is 9.88 Å². The van der Waals surface area contributed by atoms with Gasteiger partial charge in [-0.3, -0.25) is 9.62 Å². The molecule has 5 rings (SSSR count). The van der Waals surface area contributed by atoms with E-state index in [1.54, 1.807) is 0 Å². The molecule has 34 heavy (non-hydrogen) atoms. The van der Waals surface area contributed by atoms with E-state index in [4.69, 9.17) is 11.6 Å². The number of aliphatic hydroxyl groups excluding tert-OH is 1. The van der Waals surface area contributed by atoms with Crippen LogP contribution in [0.5, 0.6) is 0 Å². The number of halogens is 3. The second-order valence-electron chi connectivity index (χ2n) is 9.44. The Hall–Kier alpha value is -2.01. The lowest BCUT2D eigenvalue weighted by Gasteiger charge is -2.40. The average molecular weight is 513 g/mol. The molecule has 2 heterocycles. The Balaban J connectivity index is 1.32. The third kappa shape index (κ3) is 4.60. The topological polar surface area (TPSA) is 94.6 Å². The van der Waals surface area contributed by atoms with Crippen LogP contribution in [0.15, 0.2) is 35.2 Å². The molecule has 2 saturated carbocycles. The van der Waals surface area contributed by atoms with E-state index in [2.05, 4.69) is 19.9 Å². The zero-order valence-electron chi connectivity index (χ0n) is 18.4. The number of hydrogen-bond acceptors (Lipinski definition) is 6. The van der Waals surface area contributed by atoms with E-state index in [9.17, 15) is 22.3 Å². The van der Waals surface area contributed by atoms with Gasteiger partial charge in [-0.2, -0.15) is 4.39 Å². The minimum absolute atomic E-state index is 0.0628. The number of benzene rings is 1. The molecule has 0 spiro atoms. The maximum absolute atomic E-state index is 15.0. The summed E-state index contributed by atoms with van der Waals surface area (Å²) in [4.78, 5) is 5.29. The van der Waals surface area contributed by atoms with Crippen molar-refractivity contribution < 1.29 is 22.3 Å². The van der Waals surface area contributed by atoms with Crippen molar-refractivity contribution >= 4 is 33.1 Å². The number of hydrogen-bond donors (Lipinski definition) is 3. The third-order valence-corrected chi connectivity index (χ3v) is 9.10. The van der Waals surface area contributed by atoms with E-state index in [1.807, 2.05) is 0 Å². The largest absolute Gasteiger partial charge is 0.396 e. The lowest BCUT2D eigenvalue weighted by Crippen LogP contribution is -2.49. The predicted octanol–water partition coefficient (Wildman–Crippen LogP) is 3.71. The first-order valence-electron chi connectivity index (χ1n) is 11.5. The molecular weight excluding hydrogens is 486 g/mol. The van der Waals surface area contributed by atoms with Crippen LogP contribution in [0.2, 0.25) is 5.02 Å². The summed E-state index contributed by atoms with van der Waals surface area (Å²) in [7, 11) is -4.36. The molecule has 3 fully saturated rings. The maximum atomic E-state index is 15.0. The van der Waals surface area contributed by atoms with Crippen molar-refractivity contribution in [2.45, 2.75) is 42.7 Å². The van der Waals surface area contributed by atoms with E-state index in [1.165, 1.54) is 12.1 Å². The Labute approximate surface area is 202 Å². The number of piperidine rings is 1. The molecule has 3 aliphatic rings. The van der Waals surface area contributed by atoms with E-state index < -0.39 is 26.7 Å². The normalized spacial score (nSPS) is 29.0. The molecule has 11 heteroatoms. The molecule has 2 aliphatic carbocycles. The van der Waals surface area contributed by atoms with Crippen LogP contribution in [0.25, 0.3) is 0 Å². The Morgan fingerprint density at radius 2 is 1.88 bits per heavy atom. The van der Waals surface area contributed by atoms with E-state index in [-0.39, 0.29) is 29.5 Å². The fourth-order valence-corrected chi connectivity index (χ4v) is 7.01. The van der Waals surface area contributed by atoms with Gasteiger partial charge in [-0.1, -0.05) is 30.5 Å². The summed E-state index contributed by atoms with van der Waals surface area (Å²) in [5.41, 5.74) is 0.344. The summed E-state index contributed by atoms with van der Waals surface area (Å²) in [5.74, 6) is -0.509. The summed E-state index contributed by atoms with van der Waals surface area (Å²) in [6, 6.07) is 6.15. The molecule has 1 saturated heterocycles. The minimum atomic E-state index is -4.36. The number of fused-ring (bicyclic) bond motifs is 1. The van der Waals surface area contributed by atoms with Crippen molar-refractivity contribution in [2.75, 3.05) is 29.7 Å². The summed E-state index contributed by atoms with van der Waals surface area (Å²) in [5, 5.41) is 12.9. The molecule has 3 N–H and O–H groups in total. The predicted molar refractivity (Wildman–Crippen MR) is 125 cm³/mol. The summed E-state index contributed by atoms with van der Waals surface area (Å²) >= 11 is 6.39. The fourth-order valence-electron chi connectivity index (χ4n) is 5.64. The summed E-state index contributed by atoms with van der Waals surface area (Å²) in [6.45, 7) is 2.19. The van der Waals surface area contributed by atoms with Crippen LogP contribution in [0.3, 0.4) is 0 Å². The Kier molecular flexibility index (Phi) is 6.43. The molecule has 0 amide bonds.